The maximum Gasteiger partial charge on any atom is 0.293 e. The van der Waals surface area contributed by atoms with Gasteiger partial charge in [0.05, 0.1) is 18.1 Å². The van der Waals surface area contributed by atoms with Gasteiger partial charge in [-0.2, -0.15) is 0 Å². The fourth-order valence-corrected chi connectivity index (χ4v) is 7.78. The molecule has 162 valence electrons. The summed E-state index contributed by atoms with van der Waals surface area (Å²) in [4.78, 5) is 26.6. The quantitative estimate of drug-likeness (QED) is 0.598. The summed E-state index contributed by atoms with van der Waals surface area (Å²) in [6.07, 6.45) is 6.85. The maximum absolute atomic E-state index is 13.2. The number of rotatable bonds is 4. The Bertz CT molecular complexity index is 876. The lowest BCUT2D eigenvalue weighted by Gasteiger charge is -2.65. The topological polar surface area (TPSA) is 84.7 Å². The van der Waals surface area contributed by atoms with Crippen LogP contribution in [0.25, 0.3) is 0 Å². The van der Waals surface area contributed by atoms with Crippen molar-refractivity contribution in [1.29, 1.82) is 0 Å². The van der Waals surface area contributed by atoms with Crippen LogP contribution in [0.15, 0.2) is 18.2 Å². The van der Waals surface area contributed by atoms with Crippen molar-refractivity contribution in [3.05, 3.63) is 33.9 Å². The monoisotopic (exact) mass is 413 g/mol. The van der Waals surface area contributed by atoms with Gasteiger partial charge in [0.1, 0.15) is 5.69 Å². The summed E-state index contributed by atoms with van der Waals surface area (Å²) in [6.45, 7) is 7.10. The molecule has 1 N–H and O–H groups in total. The summed E-state index contributed by atoms with van der Waals surface area (Å²) in [5.74, 6) is 0.496. The van der Waals surface area contributed by atoms with Gasteiger partial charge >= 0.3 is 0 Å². The lowest BCUT2D eigenvalue weighted by molar-refractivity contribution is -0.384. The van der Waals surface area contributed by atoms with Gasteiger partial charge in [0.15, 0.2) is 0 Å². The van der Waals surface area contributed by atoms with E-state index in [2.05, 4.69) is 19.2 Å². The highest BCUT2D eigenvalue weighted by molar-refractivity contribution is 5.96. The summed E-state index contributed by atoms with van der Waals surface area (Å²) in [5.41, 5.74) is 1.37. The SMILES string of the molecule is C[C@@]12CC3CC(NC(=O)c4ccc(N5CCOCC5)c([N+](=O)[O-])c4)(C1)C[C@@](C)(C3)C2. The van der Waals surface area contributed by atoms with Crippen LogP contribution in [0.3, 0.4) is 0 Å². The van der Waals surface area contributed by atoms with E-state index in [1.165, 1.54) is 25.3 Å². The molecule has 5 fully saturated rings. The lowest BCUT2D eigenvalue weighted by atomic mass is 9.43. The molecule has 1 amide bonds. The van der Waals surface area contributed by atoms with Gasteiger partial charge in [0.25, 0.3) is 11.6 Å². The highest BCUT2D eigenvalue weighted by Crippen LogP contribution is 2.66. The zero-order chi connectivity index (χ0) is 21.1. The molecule has 5 aliphatic rings. The number of nitrogens with zero attached hydrogens (tertiary/aromatic N) is 2. The summed E-state index contributed by atoms with van der Waals surface area (Å²) >= 11 is 0. The second kappa shape index (κ2) is 6.67. The van der Waals surface area contributed by atoms with Crippen molar-refractivity contribution < 1.29 is 14.5 Å². The van der Waals surface area contributed by atoms with E-state index < -0.39 is 0 Å². The Morgan fingerprint density at radius 3 is 2.40 bits per heavy atom. The van der Waals surface area contributed by atoms with Crippen LogP contribution in [0.5, 0.6) is 0 Å². The maximum atomic E-state index is 13.2. The minimum Gasteiger partial charge on any atom is -0.378 e. The number of carbonyl (C=O) groups is 1. The molecule has 4 aliphatic carbocycles. The van der Waals surface area contributed by atoms with Gasteiger partial charge in [-0.25, -0.2) is 0 Å². The smallest absolute Gasteiger partial charge is 0.293 e. The standard InChI is InChI=1S/C23H31N3O4/c1-21-10-16-11-22(2,13-21)15-23(12-16,14-21)24-20(27)17-3-4-18(19(9-17)26(28)29)25-5-7-30-8-6-25/h3-4,9,16H,5-8,10-15H2,1-2H3,(H,24,27)/t16?,21-,22-,23?/m0/s1. The molecule has 1 aromatic carbocycles. The molecule has 1 heterocycles. The minimum atomic E-state index is -0.381. The first-order chi connectivity index (χ1) is 14.2. The van der Waals surface area contributed by atoms with Crippen molar-refractivity contribution in [2.24, 2.45) is 16.7 Å². The Labute approximate surface area is 177 Å². The normalized spacial score (nSPS) is 37.3. The van der Waals surface area contributed by atoms with Crippen LogP contribution in [0.4, 0.5) is 11.4 Å². The number of hydrogen-bond donors (Lipinski definition) is 1. The van der Waals surface area contributed by atoms with E-state index in [9.17, 15) is 14.9 Å². The Morgan fingerprint density at radius 1 is 1.13 bits per heavy atom. The average Bonchev–Trinajstić information content (AvgIpc) is 2.65. The van der Waals surface area contributed by atoms with E-state index in [4.69, 9.17) is 4.74 Å². The van der Waals surface area contributed by atoms with Crippen molar-refractivity contribution in [2.45, 2.75) is 57.9 Å². The average molecular weight is 414 g/mol. The second-order valence-corrected chi connectivity index (χ2v) is 10.9. The third kappa shape index (κ3) is 3.37. The molecule has 0 aromatic heterocycles. The van der Waals surface area contributed by atoms with E-state index in [-0.39, 0.29) is 22.1 Å². The number of morpholine rings is 1. The largest absolute Gasteiger partial charge is 0.378 e. The van der Waals surface area contributed by atoms with E-state index in [0.29, 0.717) is 54.3 Å². The number of benzene rings is 1. The third-order valence-corrected chi connectivity index (χ3v) is 7.79. The molecular weight excluding hydrogens is 382 g/mol. The summed E-state index contributed by atoms with van der Waals surface area (Å²) in [5, 5.41) is 15.1. The number of ether oxygens (including phenoxy) is 1. The molecule has 7 heteroatoms. The van der Waals surface area contributed by atoms with Gasteiger partial charge in [-0.1, -0.05) is 13.8 Å². The molecule has 2 atom stereocenters. The zero-order valence-electron chi connectivity index (χ0n) is 17.9. The van der Waals surface area contributed by atoms with Gasteiger partial charge in [-0.3, -0.25) is 14.9 Å². The van der Waals surface area contributed by atoms with Crippen molar-refractivity contribution in [1.82, 2.24) is 5.32 Å². The number of amides is 1. The number of nitro benzene ring substituents is 1. The molecule has 7 nitrogen and oxygen atoms in total. The molecule has 1 aliphatic heterocycles. The van der Waals surface area contributed by atoms with Crippen LogP contribution < -0.4 is 10.2 Å². The van der Waals surface area contributed by atoms with Gasteiger partial charge in [-0.15, -0.1) is 0 Å². The number of anilines is 1. The third-order valence-electron chi connectivity index (χ3n) is 7.79. The molecule has 1 aromatic rings. The molecule has 0 unspecified atom stereocenters. The number of nitro groups is 1. The van der Waals surface area contributed by atoms with E-state index in [1.807, 2.05) is 4.90 Å². The predicted molar refractivity (Wildman–Crippen MR) is 114 cm³/mol. The van der Waals surface area contributed by atoms with Crippen molar-refractivity contribution in [3.63, 3.8) is 0 Å². The minimum absolute atomic E-state index is 0.00557. The fourth-order valence-electron chi connectivity index (χ4n) is 7.78. The van der Waals surface area contributed by atoms with Crippen molar-refractivity contribution >= 4 is 17.3 Å². The lowest BCUT2D eigenvalue weighted by Crippen LogP contribution is -2.65. The molecule has 0 radical (unpaired) electrons. The van der Waals surface area contributed by atoms with Gasteiger partial charge < -0.3 is 15.0 Å². The van der Waals surface area contributed by atoms with E-state index >= 15 is 0 Å². The predicted octanol–water partition coefficient (Wildman–Crippen LogP) is 3.91. The Morgan fingerprint density at radius 2 is 1.80 bits per heavy atom. The number of hydrogen-bond acceptors (Lipinski definition) is 5. The zero-order valence-corrected chi connectivity index (χ0v) is 17.9. The summed E-state index contributed by atoms with van der Waals surface area (Å²) in [7, 11) is 0. The number of nitrogens with one attached hydrogen (secondary N) is 1. The van der Waals surface area contributed by atoms with Crippen LogP contribution in [0.1, 0.15) is 62.7 Å². The first kappa shape index (κ1) is 19.8. The van der Waals surface area contributed by atoms with Gasteiger partial charge in [0, 0.05) is 30.3 Å². The first-order valence-corrected chi connectivity index (χ1v) is 11.1. The highest BCUT2D eigenvalue weighted by Gasteiger charge is 2.60. The molecule has 30 heavy (non-hydrogen) atoms. The summed E-state index contributed by atoms with van der Waals surface area (Å²) < 4.78 is 5.36. The van der Waals surface area contributed by atoms with Gasteiger partial charge in [0.2, 0.25) is 0 Å². The van der Waals surface area contributed by atoms with Gasteiger partial charge in [-0.05, 0) is 67.4 Å². The molecule has 0 spiro atoms. The molecule has 4 bridgehead atoms. The molecular formula is C23H31N3O4. The van der Waals surface area contributed by atoms with E-state index in [1.54, 1.807) is 12.1 Å². The Kier molecular flexibility index (Phi) is 4.40. The van der Waals surface area contributed by atoms with Crippen LogP contribution in [-0.2, 0) is 4.74 Å². The Hall–Kier alpha value is -2.15. The second-order valence-electron chi connectivity index (χ2n) is 10.9. The molecule has 6 rings (SSSR count). The highest BCUT2D eigenvalue weighted by atomic mass is 16.6. The van der Waals surface area contributed by atoms with Crippen molar-refractivity contribution in [2.75, 3.05) is 31.2 Å². The molecule has 1 saturated heterocycles. The number of carbonyl (C=O) groups excluding carboxylic acids is 1. The fraction of sp³-hybridized carbons (Fsp3) is 0.696. The van der Waals surface area contributed by atoms with Crippen LogP contribution >= 0.6 is 0 Å². The molecule has 4 saturated carbocycles. The van der Waals surface area contributed by atoms with Crippen LogP contribution in [-0.4, -0.2) is 42.7 Å². The summed E-state index contributed by atoms with van der Waals surface area (Å²) in [6, 6.07) is 4.90. The van der Waals surface area contributed by atoms with Crippen molar-refractivity contribution in [3.8, 4) is 0 Å². The van der Waals surface area contributed by atoms with E-state index in [0.717, 1.165) is 19.3 Å². The Balaban J connectivity index is 1.40. The van der Waals surface area contributed by atoms with Crippen LogP contribution in [0.2, 0.25) is 0 Å². The first-order valence-electron chi connectivity index (χ1n) is 11.1. The van der Waals surface area contributed by atoms with Crippen LogP contribution in [0, 0.1) is 26.9 Å².